The van der Waals surface area contributed by atoms with E-state index in [0.717, 1.165) is 11.1 Å². The van der Waals surface area contributed by atoms with Crippen LogP contribution in [-0.2, 0) is 0 Å². The fraction of sp³-hybridized carbons (Fsp3) is 0.200. The van der Waals surface area contributed by atoms with Crippen LogP contribution < -0.4 is 4.74 Å². The third-order valence-corrected chi connectivity index (χ3v) is 2.68. The standard InChI is InChI=1S/C15H15FO2/c1-10-3-8-14(16)15(9-10)18-13-6-4-12(5-7-13)11(2)17/h3-9,11,17H,1-2H3/t11-/m0/s1. The molecule has 1 N–H and O–H groups in total. The fourth-order valence-corrected chi connectivity index (χ4v) is 1.63. The summed E-state index contributed by atoms with van der Waals surface area (Å²) in [5, 5.41) is 9.38. The maximum atomic E-state index is 13.5. The van der Waals surface area contributed by atoms with Gasteiger partial charge in [-0.25, -0.2) is 4.39 Å². The zero-order valence-corrected chi connectivity index (χ0v) is 10.4. The van der Waals surface area contributed by atoms with E-state index in [2.05, 4.69) is 0 Å². The van der Waals surface area contributed by atoms with Crippen molar-refractivity contribution < 1.29 is 14.2 Å². The molecule has 0 aliphatic heterocycles. The zero-order valence-electron chi connectivity index (χ0n) is 10.4. The Morgan fingerprint density at radius 1 is 1.11 bits per heavy atom. The topological polar surface area (TPSA) is 29.5 Å². The first-order chi connectivity index (χ1) is 8.56. The number of aliphatic hydroxyl groups is 1. The summed E-state index contributed by atoms with van der Waals surface area (Å²) < 4.78 is 19.0. The van der Waals surface area contributed by atoms with E-state index in [1.807, 2.05) is 6.92 Å². The van der Waals surface area contributed by atoms with Gasteiger partial charge in [-0.05, 0) is 49.2 Å². The molecule has 0 unspecified atom stereocenters. The van der Waals surface area contributed by atoms with Crippen LogP contribution in [0.5, 0.6) is 11.5 Å². The Labute approximate surface area is 106 Å². The van der Waals surface area contributed by atoms with Crippen LogP contribution >= 0.6 is 0 Å². The van der Waals surface area contributed by atoms with Crippen molar-refractivity contribution in [2.24, 2.45) is 0 Å². The predicted octanol–water partition coefficient (Wildman–Crippen LogP) is 3.98. The lowest BCUT2D eigenvalue weighted by atomic mass is 10.1. The van der Waals surface area contributed by atoms with Crippen LogP contribution in [0.15, 0.2) is 42.5 Å². The summed E-state index contributed by atoms with van der Waals surface area (Å²) in [6.45, 7) is 3.57. The smallest absolute Gasteiger partial charge is 0.165 e. The van der Waals surface area contributed by atoms with Crippen LogP contribution in [0, 0.1) is 12.7 Å². The van der Waals surface area contributed by atoms with Crippen molar-refractivity contribution in [3.05, 3.63) is 59.4 Å². The van der Waals surface area contributed by atoms with Gasteiger partial charge in [-0.15, -0.1) is 0 Å². The molecule has 2 aromatic rings. The minimum atomic E-state index is -0.519. The monoisotopic (exact) mass is 246 g/mol. The van der Waals surface area contributed by atoms with Crippen LogP contribution in [0.25, 0.3) is 0 Å². The van der Waals surface area contributed by atoms with Gasteiger partial charge in [0.2, 0.25) is 0 Å². The molecule has 0 spiro atoms. The highest BCUT2D eigenvalue weighted by molar-refractivity contribution is 5.36. The minimum Gasteiger partial charge on any atom is -0.454 e. The van der Waals surface area contributed by atoms with Crippen molar-refractivity contribution in [2.75, 3.05) is 0 Å². The van der Waals surface area contributed by atoms with E-state index >= 15 is 0 Å². The Hall–Kier alpha value is -1.87. The minimum absolute atomic E-state index is 0.208. The van der Waals surface area contributed by atoms with E-state index in [1.165, 1.54) is 6.07 Å². The van der Waals surface area contributed by atoms with Crippen molar-refractivity contribution in [3.8, 4) is 11.5 Å². The number of hydrogen-bond acceptors (Lipinski definition) is 2. The molecule has 18 heavy (non-hydrogen) atoms. The highest BCUT2D eigenvalue weighted by atomic mass is 19.1. The average Bonchev–Trinajstić information content (AvgIpc) is 2.34. The lowest BCUT2D eigenvalue weighted by Gasteiger charge is -2.09. The van der Waals surface area contributed by atoms with Crippen LogP contribution in [-0.4, -0.2) is 5.11 Å². The molecule has 0 fully saturated rings. The molecular formula is C15H15FO2. The van der Waals surface area contributed by atoms with Gasteiger partial charge in [0.15, 0.2) is 11.6 Å². The van der Waals surface area contributed by atoms with Crippen LogP contribution in [0.3, 0.4) is 0 Å². The third-order valence-electron chi connectivity index (χ3n) is 2.68. The van der Waals surface area contributed by atoms with Crippen LogP contribution in [0.2, 0.25) is 0 Å². The lowest BCUT2D eigenvalue weighted by Crippen LogP contribution is -1.92. The number of rotatable bonds is 3. The summed E-state index contributed by atoms with van der Waals surface area (Å²) in [6.07, 6.45) is -0.519. The van der Waals surface area contributed by atoms with E-state index < -0.39 is 6.10 Å². The summed E-state index contributed by atoms with van der Waals surface area (Å²) in [5.74, 6) is 0.365. The number of aryl methyl sites for hydroxylation is 1. The molecule has 1 atom stereocenters. The normalized spacial score (nSPS) is 12.2. The second-order valence-corrected chi connectivity index (χ2v) is 4.28. The highest BCUT2D eigenvalue weighted by Crippen LogP contribution is 2.26. The molecule has 0 aliphatic carbocycles. The van der Waals surface area contributed by atoms with E-state index in [4.69, 9.17) is 4.74 Å². The molecule has 2 nitrogen and oxygen atoms in total. The Morgan fingerprint density at radius 3 is 2.39 bits per heavy atom. The van der Waals surface area contributed by atoms with Crippen molar-refractivity contribution >= 4 is 0 Å². The molecule has 0 saturated carbocycles. The van der Waals surface area contributed by atoms with Gasteiger partial charge in [-0.3, -0.25) is 0 Å². The van der Waals surface area contributed by atoms with Gasteiger partial charge in [0.05, 0.1) is 6.10 Å². The molecule has 0 bridgehead atoms. The molecule has 3 heteroatoms. The molecule has 2 rings (SSSR count). The predicted molar refractivity (Wildman–Crippen MR) is 68.3 cm³/mol. The van der Waals surface area contributed by atoms with Crippen molar-refractivity contribution in [1.29, 1.82) is 0 Å². The van der Waals surface area contributed by atoms with Crippen LogP contribution in [0.1, 0.15) is 24.2 Å². The van der Waals surface area contributed by atoms with Crippen molar-refractivity contribution in [3.63, 3.8) is 0 Å². The first kappa shape index (κ1) is 12.6. The first-order valence-electron chi connectivity index (χ1n) is 5.78. The fourth-order valence-electron chi connectivity index (χ4n) is 1.63. The van der Waals surface area contributed by atoms with E-state index in [0.29, 0.717) is 5.75 Å². The number of hydrogen-bond donors (Lipinski definition) is 1. The highest BCUT2D eigenvalue weighted by Gasteiger charge is 2.06. The Morgan fingerprint density at radius 2 is 1.78 bits per heavy atom. The van der Waals surface area contributed by atoms with Crippen molar-refractivity contribution in [2.45, 2.75) is 20.0 Å². The summed E-state index contributed by atoms with van der Waals surface area (Å²) in [6, 6.07) is 11.7. The van der Waals surface area contributed by atoms with E-state index in [1.54, 1.807) is 43.3 Å². The lowest BCUT2D eigenvalue weighted by molar-refractivity contribution is 0.199. The molecule has 2 aromatic carbocycles. The van der Waals surface area contributed by atoms with Gasteiger partial charge in [0.25, 0.3) is 0 Å². The van der Waals surface area contributed by atoms with E-state index in [-0.39, 0.29) is 11.6 Å². The van der Waals surface area contributed by atoms with E-state index in [9.17, 15) is 9.50 Å². The maximum absolute atomic E-state index is 13.5. The summed E-state index contributed by atoms with van der Waals surface area (Å²) >= 11 is 0. The molecule has 0 saturated heterocycles. The Balaban J connectivity index is 2.21. The van der Waals surface area contributed by atoms with Gasteiger partial charge in [-0.1, -0.05) is 18.2 Å². The van der Waals surface area contributed by atoms with Gasteiger partial charge in [0.1, 0.15) is 5.75 Å². The molecule has 0 aliphatic rings. The Kier molecular flexibility index (Phi) is 3.63. The quantitative estimate of drug-likeness (QED) is 0.887. The molecule has 94 valence electrons. The van der Waals surface area contributed by atoms with Crippen molar-refractivity contribution in [1.82, 2.24) is 0 Å². The number of benzene rings is 2. The molecule has 0 amide bonds. The molecule has 0 radical (unpaired) electrons. The maximum Gasteiger partial charge on any atom is 0.165 e. The average molecular weight is 246 g/mol. The SMILES string of the molecule is Cc1ccc(F)c(Oc2ccc([C@H](C)O)cc2)c1. The third kappa shape index (κ3) is 2.87. The second-order valence-electron chi connectivity index (χ2n) is 4.28. The summed E-state index contributed by atoms with van der Waals surface area (Å²) in [5.41, 5.74) is 1.74. The first-order valence-corrected chi connectivity index (χ1v) is 5.78. The largest absolute Gasteiger partial charge is 0.454 e. The van der Waals surface area contributed by atoms with Gasteiger partial charge in [0, 0.05) is 0 Å². The Bertz CT molecular complexity index is 533. The number of halogens is 1. The molecular weight excluding hydrogens is 231 g/mol. The number of aliphatic hydroxyl groups excluding tert-OH is 1. The summed E-state index contributed by atoms with van der Waals surface area (Å²) in [4.78, 5) is 0. The summed E-state index contributed by atoms with van der Waals surface area (Å²) in [7, 11) is 0. The van der Waals surface area contributed by atoms with Crippen LogP contribution in [0.4, 0.5) is 4.39 Å². The number of ether oxygens (including phenoxy) is 1. The van der Waals surface area contributed by atoms with Gasteiger partial charge >= 0.3 is 0 Å². The van der Waals surface area contributed by atoms with Gasteiger partial charge in [-0.2, -0.15) is 0 Å². The zero-order chi connectivity index (χ0) is 13.1. The van der Waals surface area contributed by atoms with Gasteiger partial charge < -0.3 is 9.84 Å². The molecule has 0 heterocycles. The molecule has 0 aromatic heterocycles. The second kappa shape index (κ2) is 5.19.